The maximum absolute atomic E-state index is 6.35. The van der Waals surface area contributed by atoms with Crippen LogP contribution in [0.5, 0.6) is 0 Å². The van der Waals surface area contributed by atoms with E-state index in [9.17, 15) is 0 Å². The molecule has 0 bridgehead atoms. The van der Waals surface area contributed by atoms with Gasteiger partial charge < -0.3 is 4.98 Å². The van der Waals surface area contributed by atoms with E-state index in [2.05, 4.69) is 46.1 Å². The van der Waals surface area contributed by atoms with Crippen LogP contribution in [0.4, 0.5) is 0 Å². The summed E-state index contributed by atoms with van der Waals surface area (Å²) in [6.45, 7) is 2.06. The van der Waals surface area contributed by atoms with Crippen molar-refractivity contribution in [3.63, 3.8) is 0 Å². The molecule has 0 saturated heterocycles. The molecule has 0 atom stereocenters. The lowest BCUT2D eigenvalue weighted by Crippen LogP contribution is -1.90. The lowest BCUT2D eigenvalue weighted by Gasteiger charge is -2.06. The monoisotopic (exact) mass is 339 g/mol. The highest BCUT2D eigenvalue weighted by atomic mass is 35.5. The zero-order valence-corrected chi connectivity index (χ0v) is 14.1. The number of para-hydroxylation sites is 2. The van der Waals surface area contributed by atoms with Crippen molar-refractivity contribution in [2.24, 2.45) is 0 Å². The molecule has 0 fully saturated rings. The number of aromatic nitrogens is 3. The molecular formula is C18H14ClN3S. The van der Waals surface area contributed by atoms with Crippen molar-refractivity contribution in [1.82, 2.24) is 15.0 Å². The average molecular weight is 340 g/mol. The largest absolute Gasteiger partial charge is 0.333 e. The number of pyridine rings is 1. The van der Waals surface area contributed by atoms with E-state index < -0.39 is 0 Å². The number of nitrogens with zero attached hydrogens (tertiary/aromatic N) is 2. The molecule has 0 unspecified atom stereocenters. The third-order valence-electron chi connectivity index (χ3n) is 3.73. The Kier molecular flexibility index (Phi) is 3.71. The summed E-state index contributed by atoms with van der Waals surface area (Å²) < 4.78 is 0. The van der Waals surface area contributed by atoms with Gasteiger partial charge in [-0.2, -0.15) is 0 Å². The number of halogens is 1. The molecule has 5 heteroatoms. The molecule has 0 aliphatic heterocycles. The first-order chi connectivity index (χ1) is 11.2. The molecule has 2 heterocycles. The molecule has 0 saturated carbocycles. The van der Waals surface area contributed by atoms with Crippen molar-refractivity contribution in [2.75, 3.05) is 0 Å². The standard InChI is InChI=1S/C18H14ClN3S/c1-11-6-7-12-9-13(17(19)20-16(12)8-11)10-23-18-21-14-4-2-3-5-15(14)22-18/h2-9H,10H2,1H3,(H,21,22). The fraction of sp³-hybridized carbons (Fsp3) is 0.111. The predicted molar refractivity (Wildman–Crippen MR) is 97.1 cm³/mol. The number of H-pyrrole nitrogens is 1. The highest BCUT2D eigenvalue weighted by molar-refractivity contribution is 7.98. The van der Waals surface area contributed by atoms with Crippen LogP contribution in [0.1, 0.15) is 11.1 Å². The van der Waals surface area contributed by atoms with Crippen LogP contribution < -0.4 is 0 Å². The molecule has 0 aliphatic carbocycles. The van der Waals surface area contributed by atoms with E-state index in [1.165, 1.54) is 5.56 Å². The second-order valence-electron chi connectivity index (χ2n) is 5.48. The fourth-order valence-corrected chi connectivity index (χ4v) is 3.69. The van der Waals surface area contributed by atoms with E-state index >= 15 is 0 Å². The van der Waals surface area contributed by atoms with Gasteiger partial charge in [0.25, 0.3) is 0 Å². The molecule has 23 heavy (non-hydrogen) atoms. The van der Waals surface area contributed by atoms with Crippen LogP contribution in [0.3, 0.4) is 0 Å². The lowest BCUT2D eigenvalue weighted by atomic mass is 10.1. The van der Waals surface area contributed by atoms with Crippen LogP contribution >= 0.6 is 23.4 Å². The summed E-state index contributed by atoms with van der Waals surface area (Å²) in [6.07, 6.45) is 0. The molecule has 2 aromatic heterocycles. The first-order valence-corrected chi connectivity index (χ1v) is 8.69. The number of benzene rings is 2. The van der Waals surface area contributed by atoms with E-state index in [-0.39, 0.29) is 0 Å². The Labute approximate surface area is 143 Å². The third kappa shape index (κ3) is 2.92. The number of hydrogen-bond acceptors (Lipinski definition) is 3. The molecule has 1 N–H and O–H groups in total. The summed E-state index contributed by atoms with van der Waals surface area (Å²) in [4.78, 5) is 12.4. The van der Waals surface area contributed by atoms with Crippen LogP contribution in [0, 0.1) is 6.92 Å². The first kappa shape index (κ1) is 14.5. The van der Waals surface area contributed by atoms with Gasteiger partial charge in [-0.3, -0.25) is 0 Å². The molecular weight excluding hydrogens is 326 g/mol. The molecule has 4 aromatic rings. The van der Waals surface area contributed by atoms with Crippen molar-refractivity contribution < 1.29 is 0 Å². The number of fused-ring (bicyclic) bond motifs is 2. The lowest BCUT2D eigenvalue weighted by molar-refractivity contribution is 1.08. The van der Waals surface area contributed by atoms with Gasteiger partial charge in [0, 0.05) is 16.7 Å². The Morgan fingerprint density at radius 3 is 2.78 bits per heavy atom. The maximum atomic E-state index is 6.35. The number of aryl methyl sites for hydroxylation is 1. The fourth-order valence-electron chi connectivity index (χ4n) is 2.54. The van der Waals surface area contributed by atoms with Gasteiger partial charge in [-0.1, -0.05) is 47.6 Å². The first-order valence-electron chi connectivity index (χ1n) is 7.32. The molecule has 3 nitrogen and oxygen atoms in total. The van der Waals surface area contributed by atoms with E-state index in [1.807, 2.05) is 24.3 Å². The summed E-state index contributed by atoms with van der Waals surface area (Å²) in [7, 11) is 0. The minimum absolute atomic E-state index is 0.562. The number of thioether (sulfide) groups is 1. The Morgan fingerprint density at radius 2 is 1.91 bits per heavy atom. The molecule has 114 valence electrons. The van der Waals surface area contributed by atoms with Gasteiger partial charge >= 0.3 is 0 Å². The van der Waals surface area contributed by atoms with Gasteiger partial charge in [0.05, 0.1) is 16.6 Å². The predicted octanol–water partition coefficient (Wildman–Crippen LogP) is 5.37. The minimum atomic E-state index is 0.562. The zero-order valence-electron chi connectivity index (χ0n) is 12.5. The summed E-state index contributed by atoms with van der Waals surface area (Å²) in [5.74, 6) is 0.732. The van der Waals surface area contributed by atoms with Crippen LogP contribution in [0.2, 0.25) is 5.15 Å². The summed E-state index contributed by atoms with van der Waals surface area (Å²) in [6, 6.07) is 16.4. The summed E-state index contributed by atoms with van der Waals surface area (Å²) in [5.41, 5.74) is 5.17. The SMILES string of the molecule is Cc1ccc2cc(CSc3nc4ccccc4[nH]3)c(Cl)nc2c1. The van der Waals surface area contributed by atoms with Gasteiger partial charge in [0.1, 0.15) is 5.15 Å². The van der Waals surface area contributed by atoms with Gasteiger partial charge in [-0.15, -0.1) is 0 Å². The van der Waals surface area contributed by atoms with E-state index in [0.29, 0.717) is 5.15 Å². The summed E-state index contributed by atoms with van der Waals surface area (Å²) >= 11 is 7.98. The highest BCUT2D eigenvalue weighted by Crippen LogP contribution is 2.28. The smallest absolute Gasteiger partial charge is 0.166 e. The zero-order chi connectivity index (χ0) is 15.8. The van der Waals surface area contributed by atoms with Crippen molar-refractivity contribution in [3.8, 4) is 0 Å². The highest BCUT2D eigenvalue weighted by Gasteiger charge is 2.08. The number of nitrogens with one attached hydrogen (secondary N) is 1. The molecule has 0 amide bonds. The molecule has 0 aliphatic rings. The van der Waals surface area contributed by atoms with Crippen LogP contribution in [0.15, 0.2) is 53.7 Å². The number of imidazole rings is 1. The molecule has 4 rings (SSSR count). The van der Waals surface area contributed by atoms with Gasteiger partial charge in [-0.25, -0.2) is 9.97 Å². The molecule has 0 radical (unpaired) electrons. The summed E-state index contributed by atoms with van der Waals surface area (Å²) in [5, 5.41) is 2.57. The number of hydrogen-bond donors (Lipinski definition) is 1. The quantitative estimate of drug-likeness (QED) is 0.403. The number of rotatable bonds is 3. The average Bonchev–Trinajstić information content (AvgIpc) is 2.95. The van der Waals surface area contributed by atoms with Crippen LogP contribution in [-0.4, -0.2) is 15.0 Å². The molecule has 0 spiro atoms. The number of aromatic amines is 1. The third-order valence-corrected chi connectivity index (χ3v) is 4.98. The molecule has 2 aromatic carbocycles. The maximum Gasteiger partial charge on any atom is 0.166 e. The van der Waals surface area contributed by atoms with Crippen molar-refractivity contribution >= 4 is 45.3 Å². The second-order valence-corrected chi connectivity index (χ2v) is 6.80. The van der Waals surface area contributed by atoms with Gasteiger partial charge in [0.15, 0.2) is 5.16 Å². The van der Waals surface area contributed by atoms with Crippen LogP contribution in [0.25, 0.3) is 21.9 Å². The van der Waals surface area contributed by atoms with Crippen molar-refractivity contribution in [1.29, 1.82) is 0 Å². The Balaban J connectivity index is 1.61. The minimum Gasteiger partial charge on any atom is -0.333 e. The van der Waals surface area contributed by atoms with E-state index in [4.69, 9.17) is 11.6 Å². The van der Waals surface area contributed by atoms with Crippen molar-refractivity contribution in [3.05, 3.63) is 64.8 Å². The topological polar surface area (TPSA) is 41.6 Å². The van der Waals surface area contributed by atoms with Gasteiger partial charge in [-0.05, 0) is 36.8 Å². The van der Waals surface area contributed by atoms with E-state index in [1.54, 1.807) is 11.8 Å². The Bertz CT molecular complexity index is 977. The van der Waals surface area contributed by atoms with Gasteiger partial charge in [0.2, 0.25) is 0 Å². The van der Waals surface area contributed by atoms with E-state index in [0.717, 1.165) is 38.4 Å². The normalized spacial score (nSPS) is 11.4. The second kappa shape index (κ2) is 5.87. The van der Waals surface area contributed by atoms with Crippen molar-refractivity contribution in [2.45, 2.75) is 17.8 Å². The Hall–Kier alpha value is -2.04. The van der Waals surface area contributed by atoms with Crippen LogP contribution in [-0.2, 0) is 5.75 Å². The Morgan fingerprint density at radius 1 is 1.04 bits per heavy atom.